The second-order valence-corrected chi connectivity index (χ2v) is 8.29. The lowest BCUT2D eigenvalue weighted by Crippen LogP contribution is -3.00. The third-order valence-corrected chi connectivity index (χ3v) is 6.23. The molecule has 0 fully saturated rings. The average Bonchev–Trinajstić information content (AvgIpc) is 2.23. The molecule has 0 aromatic heterocycles. The van der Waals surface area contributed by atoms with Crippen molar-refractivity contribution in [2.24, 2.45) is 0 Å². The van der Waals surface area contributed by atoms with E-state index < -0.39 is 55.2 Å². The maximum Gasteiger partial charge on any atom is 0.408 e. The summed E-state index contributed by atoms with van der Waals surface area (Å²) in [6, 6.07) is 0.261. The summed E-state index contributed by atoms with van der Waals surface area (Å²) in [5, 5.41) is 8.63. The van der Waals surface area contributed by atoms with Gasteiger partial charge < -0.3 is 17.0 Å². The Morgan fingerprint density at radius 3 is 1.59 bits per heavy atom. The number of nitrogens with zero attached hydrogens (tertiary/aromatic N) is 2. The molecule has 0 saturated carbocycles. The van der Waals surface area contributed by atoms with Crippen LogP contribution in [0.4, 0.5) is 5.69 Å². The van der Waals surface area contributed by atoms with Gasteiger partial charge in [0.25, 0.3) is 20.2 Å². The number of hydrogen-bond donors (Lipinski definition) is 3. The van der Waals surface area contributed by atoms with Crippen molar-refractivity contribution in [1.82, 2.24) is 0 Å². The summed E-state index contributed by atoms with van der Waals surface area (Å²) >= 11 is 2.38. The van der Waals surface area contributed by atoms with Crippen molar-refractivity contribution >= 4 is 52.0 Å². The van der Waals surface area contributed by atoms with Gasteiger partial charge in [0.2, 0.25) is 10.3 Å². The molecule has 1 aromatic rings. The minimum absolute atomic E-state index is 0. The molecule has 0 aliphatic rings. The van der Waals surface area contributed by atoms with Gasteiger partial charge in [0.1, 0.15) is 9.79 Å². The first-order valence-corrected chi connectivity index (χ1v) is 9.46. The van der Waals surface area contributed by atoms with E-state index in [0.717, 1.165) is 0 Å². The van der Waals surface area contributed by atoms with Gasteiger partial charge in [-0.15, -0.1) is 0 Å². The van der Waals surface area contributed by atoms with Gasteiger partial charge in [-0.2, -0.15) is 25.3 Å². The molecule has 16 heteroatoms. The largest absolute Gasteiger partial charge is 1.00 e. The van der Waals surface area contributed by atoms with Crippen LogP contribution in [0, 0.1) is 5.39 Å². The summed E-state index contributed by atoms with van der Waals surface area (Å²) < 4.78 is 92.7. The number of halogens is 2. The molecule has 0 aliphatic carbocycles. The summed E-state index contributed by atoms with van der Waals surface area (Å²) in [6.45, 7) is 0. The molecular weight excluding hydrogens is 500 g/mol. The highest BCUT2D eigenvalue weighted by molar-refractivity contribution is 9.10. The van der Waals surface area contributed by atoms with Gasteiger partial charge in [-0.3, -0.25) is 13.7 Å². The van der Waals surface area contributed by atoms with E-state index in [9.17, 15) is 25.3 Å². The summed E-state index contributed by atoms with van der Waals surface area (Å²) in [5.41, 5.74) is -1.24. The van der Waals surface area contributed by atoms with E-state index in [2.05, 4.69) is 20.9 Å². The van der Waals surface area contributed by atoms with Crippen molar-refractivity contribution < 1.29 is 55.9 Å². The smallest absolute Gasteiger partial charge is 0.408 e. The van der Waals surface area contributed by atoms with Crippen LogP contribution in [0.25, 0.3) is 4.98 Å². The molecule has 0 bridgehead atoms. The van der Waals surface area contributed by atoms with E-state index in [4.69, 9.17) is 19.1 Å². The minimum Gasteiger partial charge on any atom is -1.00 e. The second-order valence-electron chi connectivity index (χ2n) is 3.39. The first-order chi connectivity index (χ1) is 9.21. The molecule has 0 heterocycles. The monoisotopic (exact) mass is 502 g/mol. The second kappa shape index (κ2) is 6.45. The third kappa shape index (κ3) is 4.20. The van der Waals surface area contributed by atoms with Crippen LogP contribution in [-0.2, 0) is 30.4 Å². The molecule has 0 saturated heterocycles. The van der Waals surface area contributed by atoms with E-state index >= 15 is 0 Å². The van der Waals surface area contributed by atoms with Gasteiger partial charge in [0.05, 0.1) is 10.5 Å². The SMILES string of the molecule is N#[N+]c1cc(S(=O)(=O)O)c(Br)c(S(=O)(=O)O)c1S(=O)(=O)O.[Br-]. The van der Waals surface area contributed by atoms with Crippen molar-refractivity contribution in [3.8, 4) is 0 Å². The van der Waals surface area contributed by atoms with Crippen LogP contribution in [-0.4, -0.2) is 38.9 Å². The van der Waals surface area contributed by atoms with Crippen LogP contribution in [0.5, 0.6) is 0 Å². The van der Waals surface area contributed by atoms with Gasteiger partial charge in [0, 0.05) is 0 Å². The molecule has 0 unspecified atom stereocenters. The topological polar surface area (TPSA) is 191 Å². The Morgan fingerprint density at radius 1 is 0.909 bits per heavy atom. The maximum absolute atomic E-state index is 11.2. The molecule has 124 valence electrons. The van der Waals surface area contributed by atoms with Gasteiger partial charge in [0.15, 0.2) is 4.98 Å². The number of rotatable bonds is 3. The van der Waals surface area contributed by atoms with Crippen molar-refractivity contribution in [2.45, 2.75) is 14.7 Å². The Balaban J connectivity index is 0.00000441. The van der Waals surface area contributed by atoms with Crippen molar-refractivity contribution in [2.75, 3.05) is 0 Å². The lowest BCUT2D eigenvalue weighted by molar-refractivity contribution is -0.0000166. The lowest BCUT2D eigenvalue weighted by atomic mass is 10.3. The standard InChI is InChI=1S/C6H3BrN2O9S3.BrH/c7-4-3(19(10,11)12)1-2(9-8)5(20(13,14)15)6(4)21(16,17)18;/h1H,(H2-,10,11,12,13,14,15,16,17,18);1H. The fraction of sp³-hybridized carbons (Fsp3) is 0. The van der Waals surface area contributed by atoms with E-state index in [1.54, 1.807) is 0 Å². The zero-order valence-electron chi connectivity index (χ0n) is 9.74. The van der Waals surface area contributed by atoms with Gasteiger partial charge >= 0.3 is 15.8 Å². The van der Waals surface area contributed by atoms with Crippen molar-refractivity contribution in [3.63, 3.8) is 0 Å². The minimum atomic E-state index is -5.40. The van der Waals surface area contributed by atoms with Crippen LogP contribution in [0.2, 0.25) is 0 Å². The normalized spacial score (nSPS) is 12.3. The fourth-order valence-electron chi connectivity index (χ4n) is 1.32. The first kappa shape index (κ1) is 21.3. The molecule has 0 atom stereocenters. The van der Waals surface area contributed by atoms with Crippen molar-refractivity contribution in [1.29, 1.82) is 5.39 Å². The molecule has 3 N–H and O–H groups in total. The van der Waals surface area contributed by atoms with Crippen LogP contribution < -0.4 is 17.0 Å². The van der Waals surface area contributed by atoms with Gasteiger partial charge in [-0.05, 0) is 15.9 Å². The first-order valence-electron chi connectivity index (χ1n) is 4.35. The summed E-state index contributed by atoms with van der Waals surface area (Å²) in [5.74, 6) is 0. The Bertz CT molecular complexity index is 975. The van der Waals surface area contributed by atoms with Crippen molar-refractivity contribution in [3.05, 3.63) is 15.5 Å². The molecule has 0 spiro atoms. The lowest BCUT2D eigenvalue weighted by Gasteiger charge is -2.07. The highest BCUT2D eigenvalue weighted by atomic mass is 79.9. The maximum atomic E-state index is 11.2. The van der Waals surface area contributed by atoms with E-state index in [0.29, 0.717) is 0 Å². The van der Waals surface area contributed by atoms with Crippen LogP contribution in [0.1, 0.15) is 0 Å². The van der Waals surface area contributed by atoms with E-state index in [1.807, 2.05) is 0 Å². The van der Waals surface area contributed by atoms with Crippen LogP contribution in [0.15, 0.2) is 25.2 Å². The number of hydrogen-bond acceptors (Lipinski definition) is 7. The van der Waals surface area contributed by atoms with E-state index in [1.165, 1.54) is 0 Å². The predicted molar refractivity (Wildman–Crippen MR) is 68.3 cm³/mol. The number of diazo groups is 1. The van der Waals surface area contributed by atoms with Crippen LogP contribution >= 0.6 is 15.9 Å². The predicted octanol–water partition coefficient (Wildman–Crippen LogP) is -2.32. The quantitative estimate of drug-likeness (QED) is 0.298. The zero-order valence-corrected chi connectivity index (χ0v) is 15.4. The van der Waals surface area contributed by atoms with Gasteiger partial charge in [-0.1, -0.05) is 0 Å². The Kier molecular flexibility index (Phi) is 6.25. The zero-order chi connectivity index (χ0) is 16.8. The molecule has 22 heavy (non-hydrogen) atoms. The molecule has 0 radical (unpaired) electrons. The molecule has 1 rings (SSSR count). The molecule has 0 aliphatic heterocycles. The summed E-state index contributed by atoms with van der Waals surface area (Å²) in [7, 11) is -15.8. The Hall–Kier alpha value is -0.670. The molecule has 11 nitrogen and oxygen atoms in total. The highest BCUT2D eigenvalue weighted by Crippen LogP contribution is 2.40. The molecule has 0 amide bonds. The number of benzene rings is 1. The summed E-state index contributed by atoms with van der Waals surface area (Å²) in [4.78, 5) is -2.09. The Morgan fingerprint density at radius 2 is 1.32 bits per heavy atom. The van der Waals surface area contributed by atoms with Crippen LogP contribution in [0.3, 0.4) is 0 Å². The summed E-state index contributed by atoms with van der Waals surface area (Å²) in [6.07, 6.45) is 0. The van der Waals surface area contributed by atoms with Gasteiger partial charge in [-0.25, -0.2) is 0 Å². The van der Waals surface area contributed by atoms with E-state index in [-0.39, 0.29) is 23.0 Å². The third-order valence-electron chi connectivity index (χ3n) is 2.02. The molecule has 1 aromatic carbocycles. The average molecular weight is 504 g/mol. The highest BCUT2D eigenvalue weighted by Gasteiger charge is 2.40. The fourth-order valence-corrected chi connectivity index (χ4v) is 5.66. The Labute approximate surface area is 143 Å². The molecular formula is C6H4Br2N2O9S3.